The van der Waals surface area contributed by atoms with Gasteiger partial charge in [-0.2, -0.15) is 0 Å². The molecule has 0 saturated carbocycles. The van der Waals surface area contributed by atoms with E-state index in [1.807, 2.05) is 0 Å². The van der Waals surface area contributed by atoms with E-state index in [0.717, 1.165) is 19.3 Å². The van der Waals surface area contributed by atoms with E-state index in [2.05, 4.69) is 29.2 Å². The molecular formula is C12H24N2O3. The molecule has 0 aromatic heterocycles. The van der Waals surface area contributed by atoms with Gasteiger partial charge in [0.05, 0.1) is 7.11 Å². The van der Waals surface area contributed by atoms with Crippen molar-refractivity contribution in [3.63, 3.8) is 0 Å². The van der Waals surface area contributed by atoms with Gasteiger partial charge in [0, 0.05) is 19.5 Å². The lowest BCUT2D eigenvalue weighted by molar-refractivity contribution is -0.140. The molecule has 0 unspecified atom stereocenters. The lowest BCUT2D eigenvalue weighted by Crippen LogP contribution is -2.36. The van der Waals surface area contributed by atoms with Gasteiger partial charge in [0.25, 0.3) is 0 Å². The predicted octanol–water partition coefficient (Wildman–Crippen LogP) is 1.67. The van der Waals surface area contributed by atoms with E-state index in [1.165, 1.54) is 7.11 Å². The summed E-state index contributed by atoms with van der Waals surface area (Å²) in [5.74, 6) is 0.391. The summed E-state index contributed by atoms with van der Waals surface area (Å²) >= 11 is 0. The van der Waals surface area contributed by atoms with E-state index in [4.69, 9.17) is 0 Å². The summed E-state index contributed by atoms with van der Waals surface area (Å²) in [6, 6.07) is -0.135. The molecule has 2 amide bonds. The molecule has 0 aliphatic rings. The normalized spacial score (nSPS) is 10.1. The van der Waals surface area contributed by atoms with E-state index in [-0.39, 0.29) is 12.0 Å². The van der Waals surface area contributed by atoms with Crippen LogP contribution in [0.15, 0.2) is 0 Å². The van der Waals surface area contributed by atoms with Crippen LogP contribution in [0.25, 0.3) is 0 Å². The third kappa shape index (κ3) is 11.0. The summed E-state index contributed by atoms with van der Waals surface area (Å²) in [6.45, 7) is 5.52. The lowest BCUT2D eigenvalue weighted by atomic mass is 10.1. The van der Waals surface area contributed by atoms with Gasteiger partial charge in [0.1, 0.15) is 0 Å². The van der Waals surface area contributed by atoms with Crippen molar-refractivity contribution < 1.29 is 14.3 Å². The van der Waals surface area contributed by atoms with Crippen molar-refractivity contribution in [2.45, 2.75) is 39.5 Å². The Morgan fingerprint density at radius 2 is 1.76 bits per heavy atom. The molecule has 5 nitrogen and oxygen atoms in total. The number of carbonyl (C=O) groups excluding carboxylic acids is 2. The zero-order valence-electron chi connectivity index (χ0n) is 11.0. The first-order valence-electron chi connectivity index (χ1n) is 6.14. The Morgan fingerprint density at radius 3 is 2.35 bits per heavy atom. The van der Waals surface area contributed by atoms with Crippen LogP contribution in [0.4, 0.5) is 4.79 Å². The molecule has 0 aromatic carbocycles. The third-order valence-electron chi connectivity index (χ3n) is 2.33. The number of unbranched alkanes of at least 4 members (excludes halogenated alkanes) is 1. The maximum atomic E-state index is 11.3. The van der Waals surface area contributed by atoms with E-state index in [9.17, 15) is 9.59 Å². The molecule has 0 atom stereocenters. The molecule has 2 N–H and O–H groups in total. The number of esters is 1. The maximum absolute atomic E-state index is 11.3. The number of ether oxygens (including phenoxy) is 1. The quantitative estimate of drug-likeness (QED) is 0.504. The van der Waals surface area contributed by atoms with E-state index in [1.54, 1.807) is 0 Å². The van der Waals surface area contributed by atoms with Gasteiger partial charge in [0.2, 0.25) is 0 Å². The molecule has 0 aliphatic carbocycles. The average molecular weight is 244 g/mol. The monoisotopic (exact) mass is 244 g/mol. The van der Waals surface area contributed by atoms with Crippen LogP contribution < -0.4 is 10.6 Å². The highest BCUT2D eigenvalue weighted by atomic mass is 16.5. The first kappa shape index (κ1) is 15.7. The topological polar surface area (TPSA) is 67.4 Å². The lowest BCUT2D eigenvalue weighted by Gasteiger charge is -2.08. The minimum absolute atomic E-state index is 0.135. The number of urea groups is 1. The number of carbonyl (C=O) groups is 2. The SMILES string of the molecule is COC(=O)CCCCNC(=O)NCCC(C)C. The van der Waals surface area contributed by atoms with Gasteiger partial charge in [-0.1, -0.05) is 13.8 Å². The van der Waals surface area contributed by atoms with Crippen molar-refractivity contribution in [1.29, 1.82) is 0 Å². The van der Waals surface area contributed by atoms with Gasteiger partial charge < -0.3 is 15.4 Å². The molecule has 0 radical (unpaired) electrons. The van der Waals surface area contributed by atoms with Crippen LogP contribution >= 0.6 is 0 Å². The molecule has 0 aliphatic heterocycles. The molecular weight excluding hydrogens is 220 g/mol. The molecule has 0 aromatic rings. The van der Waals surface area contributed by atoms with Gasteiger partial charge in [-0.3, -0.25) is 4.79 Å². The van der Waals surface area contributed by atoms with Crippen LogP contribution in [0.2, 0.25) is 0 Å². The minimum Gasteiger partial charge on any atom is -0.469 e. The molecule has 0 fully saturated rings. The Kier molecular flexibility index (Phi) is 9.19. The predicted molar refractivity (Wildman–Crippen MR) is 66.7 cm³/mol. The first-order valence-corrected chi connectivity index (χ1v) is 6.14. The molecule has 100 valence electrons. The van der Waals surface area contributed by atoms with Crippen molar-refractivity contribution in [2.24, 2.45) is 5.92 Å². The first-order chi connectivity index (χ1) is 8.06. The fourth-order valence-corrected chi connectivity index (χ4v) is 1.24. The van der Waals surface area contributed by atoms with Crippen LogP contribution in [0, 0.1) is 5.92 Å². The number of nitrogens with one attached hydrogen (secondary N) is 2. The van der Waals surface area contributed by atoms with Crippen LogP contribution in [0.5, 0.6) is 0 Å². The summed E-state index contributed by atoms with van der Waals surface area (Å²) in [5.41, 5.74) is 0. The van der Waals surface area contributed by atoms with Gasteiger partial charge in [-0.15, -0.1) is 0 Å². The summed E-state index contributed by atoms with van der Waals surface area (Å²) in [6.07, 6.45) is 2.91. The number of methoxy groups -OCH3 is 1. The second kappa shape index (κ2) is 9.93. The number of amides is 2. The van der Waals surface area contributed by atoms with Crippen molar-refractivity contribution in [3.05, 3.63) is 0 Å². The fourth-order valence-electron chi connectivity index (χ4n) is 1.24. The van der Waals surface area contributed by atoms with Crippen LogP contribution in [0.1, 0.15) is 39.5 Å². The second-order valence-corrected chi connectivity index (χ2v) is 4.40. The highest BCUT2D eigenvalue weighted by Gasteiger charge is 2.01. The van der Waals surface area contributed by atoms with Gasteiger partial charge in [0.15, 0.2) is 0 Å². The molecule has 0 saturated heterocycles. The summed E-state index contributed by atoms with van der Waals surface area (Å²) in [5, 5.41) is 5.53. The van der Waals surface area contributed by atoms with Crippen LogP contribution in [-0.2, 0) is 9.53 Å². The maximum Gasteiger partial charge on any atom is 0.314 e. The Labute approximate surface area is 103 Å². The minimum atomic E-state index is -0.202. The second-order valence-electron chi connectivity index (χ2n) is 4.40. The van der Waals surface area contributed by atoms with Crippen LogP contribution in [0.3, 0.4) is 0 Å². The molecule has 0 spiro atoms. The Bertz CT molecular complexity index is 230. The van der Waals surface area contributed by atoms with Crippen molar-refractivity contribution >= 4 is 12.0 Å². The number of hydrogen-bond donors (Lipinski definition) is 2. The van der Waals surface area contributed by atoms with Crippen LogP contribution in [-0.4, -0.2) is 32.2 Å². The van der Waals surface area contributed by atoms with Crippen molar-refractivity contribution in [2.75, 3.05) is 20.2 Å². The zero-order chi connectivity index (χ0) is 13.1. The zero-order valence-corrected chi connectivity index (χ0v) is 11.0. The summed E-state index contributed by atoms with van der Waals surface area (Å²) in [4.78, 5) is 22.1. The molecule has 5 heteroatoms. The van der Waals surface area contributed by atoms with Crippen molar-refractivity contribution in [1.82, 2.24) is 10.6 Å². The highest BCUT2D eigenvalue weighted by Crippen LogP contribution is 1.97. The largest absolute Gasteiger partial charge is 0.469 e. The smallest absolute Gasteiger partial charge is 0.314 e. The van der Waals surface area contributed by atoms with Gasteiger partial charge in [-0.05, 0) is 25.2 Å². The van der Waals surface area contributed by atoms with Crippen molar-refractivity contribution in [3.8, 4) is 0 Å². The van der Waals surface area contributed by atoms with E-state index in [0.29, 0.717) is 25.4 Å². The van der Waals surface area contributed by atoms with E-state index >= 15 is 0 Å². The Morgan fingerprint density at radius 1 is 1.12 bits per heavy atom. The average Bonchev–Trinajstić information content (AvgIpc) is 2.27. The summed E-state index contributed by atoms with van der Waals surface area (Å²) in [7, 11) is 1.38. The highest BCUT2D eigenvalue weighted by molar-refractivity contribution is 5.73. The fraction of sp³-hybridized carbons (Fsp3) is 0.833. The molecule has 0 heterocycles. The number of rotatable bonds is 8. The summed E-state index contributed by atoms with van der Waals surface area (Å²) < 4.78 is 4.51. The molecule has 17 heavy (non-hydrogen) atoms. The van der Waals surface area contributed by atoms with Gasteiger partial charge in [-0.25, -0.2) is 4.79 Å². The standard InChI is InChI=1S/C12H24N2O3/c1-10(2)7-9-14-12(16)13-8-5-4-6-11(15)17-3/h10H,4-9H2,1-3H3,(H2,13,14,16). The number of hydrogen-bond acceptors (Lipinski definition) is 3. The molecule has 0 bridgehead atoms. The van der Waals surface area contributed by atoms with Gasteiger partial charge >= 0.3 is 12.0 Å². The van der Waals surface area contributed by atoms with E-state index < -0.39 is 0 Å². The Balaban J connectivity index is 3.30. The third-order valence-corrected chi connectivity index (χ3v) is 2.33. The Hall–Kier alpha value is -1.26. The molecule has 0 rings (SSSR count).